The first kappa shape index (κ1) is 11.5. The first-order valence-corrected chi connectivity index (χ1v) is 4.92. The molecule has 0 aliphatic carbocycles. The fourth-order valence-corrected chi connectivity index (χ4v) is 1.20. The van der Waals surface area contributed by atoms with Gasteiger partial charge in [-0.15, -0.1) is 0 Å². The van der Waals surface area contributed by atoms with Gasteiger partial charge in [-0.25, -0.2) is 4.79 Å². The molecule has 4 nitrogen and oxygen atoms in total. The summed E-state index contributed by atoms with van der Waals surface area (Å²) in [5.41, 5.74) is 1.32. The van der Waals surface area contributed by atoms with Crippen LogP contribution in [-0.2, 0) is 11.8 Å². The zero-order valence-corrected chi connectivity index (χ0v) is 9.36. The predicted molar refractivity (Wildman–Crippen MR) is 57.6 cm³/mol. The largest absolute Gasteiger partial charge is 0.454 e. The fraction of sp³-hybridized carbons (Fsp3) is 0.455. The normalized spacial score (nSPS) is 12.2. The van der Waals surface area contributed by atoms with Gasteiger partial charge in [0.05, 0.1) is 6.20 Å². The molecule has 0 spiro atoms. The first-order valence-electron chi connectivity index (χ1n) is 4.92. The predicted octanol–water partition coefficient (Wildman–Crippen LogP) is 1.85. The number of carbonyl (C=O) groups excluding carboxylic acids is 1. The van der Waals surface area contributed by atoms with E-state index in [4.69, 9.17) is 4.74 Å². The van der Waals surface area contributed by atoms with Crippen LogP contribution in [0.25, 0.3) is 0 Å². The minimum absolute atomic E-state index is 0.225. The van der Waals surface area contributed by atoms with Gasteiger partial charge in [0.25, 0.3) is 0 Å². The molecule has 0 saturated heterocycles. The molecule has 0 bridgehead atoms. The third kappa shape index (κ3) is 2.46. The summed E-state index contributed by atoms with van der Waals surface area (Å²) >= 11 is 0. The van der Waals surface area contributed by atoms with Gasteiger partial charge >= 0.3 is 5.97 Å². The van der Waals surface area contributed by atoms with E-state index in [0.29, 0.717) is 5.56 Å². The lowest BCUT2D eigenvalue weighted by molar-refractivity contribution is 0.0388. The summed E-state index contributed by atoms with van der Waals surface area (Å²) in [5.74, 6) is -0.340. The molecule has 4 heteroatoms. The number of carbonyl (C=O) groups is 1. The smallest absolute Gasteiger partial charge is 0.342 e. The van der Waals surface area contributed by atoms with Crippen LogP contribution in [0.4, 0.5) is 0 Å². The number of hydrogen-bond acceptors (Lipinski definition) is 3. The number of nitrogens with zero attached hydrogens (tertiary/aromatic N) is 2. The van der Waals surface area contributed by atoms with Crippen LogP contribution in [0.2, 0.25) is 0 Å². The molecule has 1 aromatic heterocycles. The Hall–Kier alpha value is -1.58. The van der Waals surface area contributed by atoms with Crippen molar-refractivity contribution in [1.29, 1.82) is 0 Å². The molecule has 1 aromatic rings. The van der Waals surface area contributed by atoms with Crippen molar-refractivity contribution in [2.75, 3.05) is 0 Å². The zero-order valence-electron chi connectivity index (χ0n) is 9.36. The highest BCUT2D eigenvalue weighted by Crippen LogP contribution is 2.10. The van der Waals surface area contributed by atoms with Gasteiger partial charge in [-0.05, 0) is 13.3 Å². The molecule has 1 atom stereocenters. The quantitative estimate of drug-likeness (QED) is 0.560. The van der Waals surface area contributed by atoms with Crippen LogP contribution >= 0.6 is 0 Å². The Labute approximate surface area is 89.5 Å². The molecule has 15 heavy (non-hydrogen) atoms. The number of hydrogen-bond donors (Lipinski definition) is 0. The maximum atomic E-state index is 11.7. The van der Waals surface area contributed by atoms with Crippen molar-refractivity contribution in [1.82, 2.24) is 9.78 Å². The van der Waals surface area contributed by atoms with Gasteiger partial charge in [0, 0.05) is 12.7 Å². The third-order valence-electron chi connectivity index (χ3n) is 2.38. The van der Waals surface area contributed by atoms with Gasteiger partial charge in [-0.1, -0.05) is 19.6 Å². The number of aryl methyl sites for hydroxylation is 1. The zero-order chi connectivity index (χ0) is 11.4. The lowest BCUT2D eigenvalue weighted by Gasteiger charge is -2.11. The van der Waals surface area contributed by atoms with Crippen molar-refractivity contribution < 1.29 is 9.53 Å². The van der Waals surface area contributed by atoms with Gasteiger partial charge < -0.3 is 4.74 Å². The Morgan fingerprint density at radius 1 is 1.80 bits per heavy atom. The van der Waals surface area contributed by atoms with E-state index in [1.807, 2.05) is 13.8 Å². The van der Waals surface area contributed by atoms with E-state index in [9.17, 15) is 4.79 Å². The van der Waals surface area contributed by atoms with Crippen LogP contribution in [0.5, 0.6) is 0 Å². The van der Waals surface area contributed by atoms with Gasteiger partial charge in [-0.2, -0.15) is 5.10 Å². The summed E-state index contributed by atoms with van der Waals surface area (Å²) in [6, 6.07) is 0. The molecule has 0 aliphatic heterocycles. The van der Waals surface area contributed by atoms with Gasteiger partial charge in [-0.3, -0.25) is 4.68 Å². The Morgan fingerprint density at radius 3 is 2.87 bits per heavy atom. The van der Waals surface area contributed by atoms with Crippen LogP contribution in [0.3, 0.4) is 0 Å². The lowest BCUT2D eigenvalue weighted by Crippen LogP contribution is -2.15. The van der Waals surface area contributed by atoms with Gasteiger partial charge in [0.1, 0.15) is 11.7 Å². The number of rotatable bonds is 4. The average Bonchev–Trinajstić information content (AvgIpc) is 2.56. The Kier molecular flexibility index (Phi) is 3.66. The van der Waals surface area contributed by atoms with Crippen molar-refractivity contribution in [3.05, 3.63) is 30.1 Å². The SMILES string of the molecule is C=CC(CC)OC(=O)c1cnn(C)c1C. The number of ether oxygens (including phenoxy) is 1. The minimum atomic E-state index is -0.340. The molecule has 0 saturated carbocycles. The van der Waals surface area contributed by atoms with Crippen LogP contribution in [-0.4, -0.2) is 21.9 Å². The Bertz CT molecular complexity index is 369. The summed E-state index contributed by atoms with van der Waals surface area (Å²) in [5, 5.41) is 3.99. The second-order valence-electron chi connectivity index (χ2n) is 3.35. The van der Waals surface area contributed by atoms with Crippen LogP contribution in [0.15, 0.2) is 18.9 Å². The summed E-state index contributed by atoms with van der Waals surface area (Å²) in [6.45, 7) is 7.38. The first-order chi connectivity index (χ1) is 7.10. The molecule has 0 aromatic carbocycles. The molecule has 1 rings (SSSR count). The Morgan fingerprint density at radius 2 is 2.47 bits per heavy atom. The number of aromatic nitrogens is 2. The third-order valence-corrected chi connectivity index (χ3v) is 2.38. The number of esters is 1. The highest BCUT2D eigenvalue weighted by Gasteiger charge is 2.16. The highest BCUT2D eigenvalue weighted by molar-refractivity contribution is 5.90. The van der Waals surface area contributed by atoms with E-state index in [1.54, 1.807) is 17.8 Å². The van der Waals surface area contributed by atoms with E-state index in [-0.39, 0.29) is 12.1 Å². The molecular formula is C11H16N2O2. The van der Waals surface area contributed by atoms with Crippen LogP contribution in [0.1, 0.15) is 29.4 Å². The monoisotopic (exact) mass is 208 g/mol. The van der Waals surface area contributed by atoms with E-state index in [0.717, 1.165) is 12.1 Å². The maximum absolute atomic E-state index is 11.7. The Balaban J connectivity index is 2.77. The highest BCUT2D eigenvalue weighted by atomic mass is 16.5. The average molecular weight is 208 g/mol. The molecule has 0 aliphatic rings. The standard InChI is InChI=1S/C11H16N2O2/c1-5-9(6-2)15-11(14)10-7-12-13(4)8(10)3/h5,7,9H,1,6H2,2-4H3. The molecule has 0 radical (unpaired) electrons. The molecule has 1 unspecified atom stereocenters. The van der Waals surface area contributed by atoms with Crippen LogP contribution < -0.4 is 0 Å². The van der Waals surface area contributed by atoms with E-state index >= 15 is 0 Å². The molecule has 1 heterocycles. The minimum Gasteiger partial charge on any atom is -0.454 e. The van der Waals surface area contributed by atoms with E-state index in [1.165, 1.54) is 6.20 Å². The second kappa shape index (κ2) is 4.77. The van der Waals surface area contributed by atoms with E-state index in [2.05, 4.69) is 11.7 Å². The fourth-order valence-electron chi connectivity index (χ4n) is 1.20. The topological polar surface area (TPSA) is 44.1 Å². The maximum Gasteiger partial charge on any atom is 0.342 e. The summed E-state index contributed by atoms with van der Waals surface area (Å²) in [6.07, 6.45) is 3.66. The van der Waals surface area contributed by atoms with Crippen LogP contribution in [0, 0.1) is 6.92 Å². The summed E-state index contributed by atoms with van der Waals surface area (Å²) in [7, 11) is 1.79. The van der Waals surface area contributed by atoms with Gasteiger partial charge in [0.2, 0.25) is 0 Å². The molecular weight excluding hydrogens is 192 g/mol. The van der Waals surface area contributed by atoms with E-state index < -0.39 is 0 Å². The molecule has 0 fully saturated rings. The van der Waals surface area contributed by atoms with Crippen molar-refractivity contribution in [2.24, 2.45) is 7.05 Å². The molecule has 0 amide bonds. The molecule has 82 valence electrons. The lowest BCUT2D eigenvalue weighted by atomic mass is 10.2. The van der Waals surface area contributed by atoms with Crippen molar-refractivity contribution in [3.8, 4) is 0 Å². The summed E-state index contributed by atoms with van der Waals surface area (Å²) < 4.78 is 6.86. The summed E-state index contributed by atoms with van der Waals surface area (Å²) in [4.78, 5) is 11.7. The van der Waals surface area contributed by atoms with Crippen molar-refractivity contribution >= 4 is 5.97 Å². The molecule has 0 N–H and O–H groups in total. The second-order valence-corrected chi connectivity index (χ2v) is 3.35. The van der Waals surface area contributed by atoms with Crippen molar-refractivity contribution in [3.63, 3.8) is 0 Å². The van der Waals surface area contributed by atoms with Crippen molar-refractivity contribution in [2.45, 2.75) is 26.4 Å². The van der Waals surface area contributed by atoms with Gasteiger partial charge in [0.15, 0.2) is 0 Å².